The van der Waals surface area contributed by atoms with E-state index in [2.05, 4.69) is 12.3 Å². The first-order valence-electron chi connectivity index (χ1n) is 14.3. The van der Waals surface area contributed by atoms with Crippen molar-refractivity contribution >= 4 is 40.5 Å². The lowest BCUT2D eigenvalue weighted by Gasteiger charge is -2.36. The van der Waals surface area contributed by atoms with Crippen LogP contribution in [0.1, 0.15) is 34.3 Å². The van der Waals surface area contributed by atoms with Gasteiger partial charge >= 0.3 is 0 Å². The Morgan fingerprint density at radius 3 is 2.52 bits per heavy atom. The maximum absolute atomic E-state index is 13.1. The smallest absolute Gasteiger partial charge is 0.292 e. The highest BCUT2D eigenvalue weighted by Gasteiger charge is 2.30. The minimum absolute atomic E-state index is 0.0399. The normalized spacial score (nSPS) is 18.0. The number of aromatic hydroxyl groups is 1. The van der Waals surface area contributed by atoms with Gasteiger partial charge in [0.15, 0.2) is 6.61 Å². The summed E-state index contributed by atoms with van der Waals surface area (Å²) in [4.78, 5) is 40.6. The molecule has 11 nitrogen and oxygen atoms in total. The molecule has 2 aliphatic rings. The molecular weight excluding hydrogens is 586 g/mol. The number of hydrazine groups is 1. The molecule has 0 aromatic heterocycles. The first kappa shape index (κ1) is 30.8. The first-order chi connectivity index (χ1) is 21.1. The molecule has 2 N–H and O–H groups in total. The molecule has 1 aliphatic heterocycles. The fraction of sp³-hybridized carbons (Fsp3) is 0.312. The van der Waals surface area contributed by atoms with Crippen LogP contribution in [0.4, 0.5) is 11.4 Å². The second-order valence-corrected chi connectivity index (χ2v) is 11.4. The Balaban J connectivity index is 1.18. The SMILES string of the molecule is CC1C=C(OCC(=O)N2CCN(c3ccccc3[N+](=O)[O-])CC2)c2ccccc2C1CN(C)NC(=O)c1ccc(O)c(Cl)c1. The number of hydrogen-bond acceptors (Lipinski definition) is 8. The molecule has 2 unspecified atom stereocenters. The van der Waals surface area contributed by atoms with Gasteiger partial charge in [-0.25, -0.2) is 5.01 Å². The molecule has 1 saturated heterocycles. The number of rotatable bonds is 9. The molecule has 0 bridgehead atoms. The van der Waals surface area contributed by atoms with Crippen LogP contribution in [0.2, 0.25) is 5.02 Å². The lowest BCUT2D eigenvalue weighted by molar-refractivity contribution is -0.384. The molecule has 1 heterocycles. The van der Waals surface area contributed by atoms with Crippen LogP contribution in [0, 0.1) is 16.0 Å². The zero-order valence-electron chi connectivity index (χ0n) is 24.5. The number of benzene rings is 3. The van der Waals surface area contributed by atoms with Crippen molar-refractivity contribution in [1.82, 2.24) is 15.3 Å². The number of nitrogens with zero attached hydrogens (tertiary/aromatic N) is 4. The minimum atomic E-state index is -0.385. The Morgan fingerprint density at radius 2 is 1.80 bits per heavy atom. The number of para-hydroxylation sites is 2. The van der Waals surface area contributed by atoms with Crippen LogP contribution in [-0.2, 0) is 9.53 Å². The third-order valence-corrected chi connectivity index (χ3v) is 8.35. The quantitative estimate of drug-likeness (QED) is 0.261. The molecule has 3 aromatic carbocycles. The predicted molar refractivity (Wildman–Crippen MR) is 167 cm³/mol. The van der Waals surface area contributed by atoms with E-state index in [1.165, 1.54) is 24.3 Å². The predicted octanol–water partition coefficient (Wildman–Crippen LogP) is 4.67. The Hall–Kier alpha value is -4.61. The van der Waals surface area contributed by atoms with E-state index >= 15 is 0 Å². The highest BCUT2D eigenvalue weighted by molar-refractivity contribution is 6.32. The van der Waals surface area contributed by atoms with Crippen LogP contribution >= 0.6 is 11.6 Å². The van der Waals surface area contributed by atoms with Gasteiger partial charge in [0.1, 0.15) is 17.2 Å². The van der Waals surface area contributed by atoms with Crippen molar-refractivity contribution in [2.45, 2.75) is 12.8 Å². The molecule has 0 radical (unpaired) electrons. The molecule has 1 fully saturated rings. The van der Waals surface area contributed by atoms with Crippen LogP contribution in [0.3, 0.4) is 0 Å². The summed E-state index contributed by atoms with van der Waals surface area (Å²) >= 11 is 5.96. The number of hydrogen-bond donors (Lipinski definition) is 2. The third-order valence-electron chi connectivity index (χ3n) is 8.05. The molecule has 12 heteroatoms. The van der Waals surface area contributed by atoms with Gasteiger partial charge in [-0.1, -0.05) is 54.9 Å². The average molecular weight is 620 g/mol. The maximum atomic E-state index is 13.1. The number of carbonyl (C=O) groups is 2. The maximum Gasteiger partial charge on any atom is 0.292 e. The summed E-state index contributed by atoms with van der Waals surface area (Å²) in [6, 6.07) is 18.8. The van der Waals surface area contributed by atoms with Crippen molar-refractivity contribution in [1.29, 1.82) is 0 Å². The number of likely N-dealkylation sites (N-methyl/N-ethyl adjacent to an activating group) is 1. The summed E-state index contributed by atoms with van der Waals surface area (Å²) in [6.07, 6.45) is 2.02. The van der Waals surface area contributed by atoms with E-state index in [0.717, 1.165) is 11.1 Å². The molecule has 2 atom stereocenters. The molecule has 44 heavy (non-hydrogen) atoms. The van der Waals surface area contributed by atoms with E-state index in [1.54, 1.807) is 35.2 Å². The number of amides is 2. The minimum Gasteiger partial charge on any atom is -0.506 e. The summed E-state index contributed by atoms with van der Waals surface area (Å²) < 4.78 is 6.10. The largest absolute Gasteiger partial charge is 0.506 e. The Kier molecular flexibility index (Phi) is 9.36. The van der Waals surface area contributed by atoms with Crippen LogP contribution in [-0.4, -0.2) is 78.1 Å². The number of piperazine rings is 1. The summed E-state index contributed by atoms with van der Waals surface area (Å²) in [5.41, 5.74) is 5.77. The van der Waals surface area contributed by atoms with Crippen molar-refractivity contribution in [3.63, 3.8) is 0 Å². The van der Waals surface area contributed by atoms with Gasteiger partial charge in [-0.3, -0.25) is 25.1 Å². The number of allylic oxidation sites excluding steroid dienone is 1. The standard InChI is InChI=1S/C32H34ClN5O6/c1-21-17-30(44-20-31(40)37-15-13-36(14-16-37)27-9-5-6-10-28(27)38(42)43)24-8-4-3-7-23(24)25(21)19-35(2)34-32(41)22-11-12-29(39)26(33)18-22/h3-12,17-18,21,25,39H,13-16,19-20H2,1-2H3,(H,34,41). The van der Waals surface area contributed by atoms with Gasteiger partial charge in [0.2, 0.25) is 0 Å². The molecule has 1 aliphatic carbocycles. The number of phenols is 1. The lowest BCUT2D eigenvalue weighted by atomic mass is 9.79. The van der Waals surface area contributed by atoms with E-state index in [-0.39, 0.29) is 51.6 Å². The number of nitro benzene ring substituents is 1. The first-order valence-corrected chi connectivity index (χ1v) is 14.7. The fourth-order valence-electron chi connectivity index (χ4n) is 5.70. The van der Waals surface area contributed by atoms with Crippen LogP contribution in [0.15, 0.2) is 72.8 Å². The highest BCUT2D eigenvalue weighted by Crippen LogP contribution is 2.39. The summed E-state index contributed by atoms with van der Waals surface area (Å²) in [7, 11) is 1.79. The van der Waals surface area contributed by atoms with E-state index in [0.29, 0.717) is 49.7 Å². The van der Waals surface area contributed by atoms with Gasteiger partial charge in [-0.15, -0.1) is 0 Å². The summed E-state index contributed by atoms with van der Waals surface area (Å²) in [6.45, 7) is 4.34. The Labute approximate surface area is 260 Å². The summed E-state index contributed by atoms with van der Waals surface area (Å²) in [5.74, 6) is 0.154. The third kappa shape index (κ3) is 6.79. The second kappa shape index (κ2) is 13.4. The highest BCUT2D eigenvalue weighted by atomic mass is 35.5. The van der Waals surface area contributed by atoms with E-state index < -0.39 is 0 Å². The van der Waals surface area contributed by atoms with E-state index in [9.17, 15) is 24.8 Å². The average Bonchev–Trinajstić information content (AvgIpc) is 3.02. The number of phenolic OH excluding ortho intramolecular Hbond substituents is 1. The molecule has 5 rings (SSSR count). The molecule has 0 saturated carbocycles. The van der Waals surface area contributed by atoms with Crippen molar-refractivity contribution < 1.29 is 24.4 Å². The van der Waals surface area contributed by atoms with Crippen molar-refractivity contribution in [2.24, 2.45) is 5.92 Å². The van der Waals surface area contributed by atoms with E-state index in [4.69, 9.17) is 16.3 Å². The number of anilines is 1. The Bertz CT molecular complexity index is 1590. The molecular formula is C32H34ClN5O6. The van der Waals surface area contributed by atoms with Gasteiger partial charge in [-0.2, -0.15) is 0 Å². The van der Waals surface area contributed by atoms with Crippen molar-refractivity contribution in [3.05, 3.63) is 105 Å². The molecule has 0 spiro atoms. The van der Waals surface area contributed by atoms with Crippen molar-refractivity contribution in [3.8, 4) is 5.75 Å². The van der Waals surface area contributed by atoms with Gasteiger partial charge in [0.05, 0.1) is 9.95 Å². The van der Waals surface area contributed by atoms with Gasteiger partial charge in [0, 0.05) is 62.9 Å². The monoisotopic (exact) mass is 619 g/mol. The van der Waals surface area contributed by atoms with Gasteiger partial charge in [-0.05, 0) is 41.8 Å². The number of halogens is 1. The number of nitrogens with one attached hydrogen (secondary N) is 1. The summed E-state index contributed by atoms with van der Waals surface area (Å²) in [5, 5.41) is 22.9. The van der Waals surface area contributed by atoms with Crippen LogP contribution in [0.25, 0.3) is 5.76 Å². The number of fused-ring (bicyclic) bond motifs is 1. The zero-order chi connectivity index (χ0) is 31.4. The number of carbonyl (C=O) groups excluding carboxylic acids is 2. The van der Waals surface area contributed by atoms with Gasteiger partial charge in [0.25, 0.3) is 17.5 Å². The molecule has 2 amide bonds. The zero-order valence-corrected chi connectivity index (χ0v) is 25.2. The second-order valence-electron chi connectivity index (χ2n) is 11.0. The molecule has 230 valence electrons. The van der Waals surface area contributed by atoms with Crippen LogP contribution in [0.5, 0.6) is 5.75 Å². The van der Waals surface area contributed by atoms with Gasteiger partial charge < -0.3 is 19.6 Å². The molecule has 3 aromatic rings. The lowest BCUT2D eigenvalue weighted by Crippen LogP contribution is -2.49. The van der Waals surface area contributed by atoms with Crippen LogP contribution < -0.4 is 10.3 Å². The number of ether oxygens (including phenoxy) is 1. The van der Waals surface area contributed by atoms with E-state index in [1.807, 2.05) is 35.2 Å². The number of nitro groups is 1. The fourth-order valence-corrected chi connectivity index (χ4v) is 5.88. The van der Waals surface area contributed by atoms with Crippen molar-refractivity contribution in [2.75, 3.05) is 51.3 Å². The Morgan fingerprint density at radius 1 is 1.09 bits per heavy atom. The topological polar surface area (TPSA) is 128 Å².